The van der Waals surface area contributed by atoms with Gasteiger partial charge in [0.05, 0.1) is 17.8 Å². The van der Waals surface area contributed by atoms with Crippen molar-refractivity contribution in [3.05, 3.63) is 0 Å². The van der Waals surface area contributed by atoms with E-state index in [1.54, 1.807) is 0 Å². The molecule has 1 saturated heterocycles. The lowest BCUT2D eigenvalue weighted by Gasteiger charge is -2.44. The van der Waals surface area contributed by atoms with Crippen LogP contribution in [0.3, 0.4) is 0 Å². The third-order valence-electron chi connectivity index (χ3n) is 3.47. The number of aliphatic hydroxyl groups excluding tert-OH is 1. The van der Waals surface area contributed by atoms with Crippen LogP contribution in [-0.2, 0) is 4.74 Å². The van der Waals surface area contributed by atoms with Gasteiger partial charge in [-0.3, -0.25) is 0 Å². The molecule has 76 valence electrons. The first kappa shape index (κ1) is 9.47. The van der Waals surface area contributed by atoms with Crippen LogP contribution in [0.4, 0.5) is 0 Å². The molecule has 1 aliphatic carbocycles. The van der Waals surface area contributed by atoms with Gasteiger partial charge >= 0.3 is 0 Å². The van der Waals surface area contributed by atoms with Gasteiger partial charge in [0.15, 0.2) is 0 Å². The summed E-state index contributed by atoms with van der Waals surface area (Å²) < 4.78 is 6.03. The van der Waals surface area contributed by atoms with E-state index in [1.807, 2.05) is 0 Å². The SMILES string of the molecule is C[C@H]1CCC[C@@]2(CCC[C@H](O)C2)O1. The summed E-state index contributed by atoms with van der Waals surface area (Å²) >= 11 is 0. The number of ether oxygens (including phenoxy) is 1. The highest BCUT2D eigenvalue weighted by atomic mass is 16.5. The zero-order chi connectivity index (χ0) is 9.31. The summed E-state index contributed by atoms with van der Waals surface area (Å²) in [5, 5.41) is 9.63. The van der Waals surface area contributed by atoms with Gasteiger partial charge in [-0.25, -0.2) is 0 Å². The average molecular weight is 184 g/mol. The van der Waals surface area contributed by atoms with E-state index in [2.05, 4.69) is 6.92 Å². The monoisotopic (exact) mass is 184 g/mol. The molecule has 1 spiro atoms. The Labute approximate surface area is 80.3 Å². The zero-order valence-electron chi connectivity index (χ0n) is 8.46. The van der Waals surface area contributed by atoms with E-state index in [4.69, 9.17) is 4.74 Å². The Morgan fingerprint density at radius 2 is 1.92 bits per heavy atom. The van der Waals surface area contributed by atoms with Crippen molar-refractivity contribution < 1.29 is 9.84 Å². The summed E-state index contributed by atoms with van der Waals surface area (Å²) in [6, 6.07) is 0. The van der Waals surface area contributed by atoms with Gasteiger partial charge in [-0.2, -0.15) is 0 Å². The van der Waals surface area contributed by atoms with Crippen LogP contribution in [0.5, 0.6) is 0 Å². The van der Waals surface area contributed by atoms with Crippen LogP contribution in [0.15, 0.2) is 0 Å². The minimum absolute atomic E-state index is 0.0509. The highest BCUT2D eigenvalue weighted by molar-refractivity contribution is 4.91. The average Bonchev–Trinajstić information content (AvgIpc) is 2.02. The van der Waals surface area contributed by atoms with Crippen LogP contribution in [0.25, 0.3) is 0 Å². The molecule has 2 nitrogen and oxygen atoms in total. The quantitative estimate of drug-likeness (QED) is 0.625. The molecule has 2 fully saturated rings. The molecular formula is C11H20O2. The van der Waals surface area contributed by atoms with Gasteiger partial charge in [-0.1, -0.05) is 0 Å². The second kappa shape index (κ2) is 3.58. The summed E-state index contributed by atoms with van der Waals surface area (Å²) in [5.74, 6) is 0. The molecule has 2 heteroatoms. The minimum atomic E-state index is -0.112. The van der Waals surface area contributed by atoms with Crippen LogP contribution in [0.1, 0.15) is 51.9 Å². The maximum atomic E-state index is 9.63. The van der Waals surface area contributed by atoms with Gasteiger partial charge in [0.2, 0.25) is 0 Å². The molecule has 2 aliphatic rings. The third kappa shape index (κ3) is 2.05. The molecule has 0 radical (unpaired) electrons. The maximum absolute atomic E-state index is 9.63. The Hall–Kier alpha value is -0.0800. The van der Waals surface area contributed by atoms with E-state index < -0.39 is 0 Å². The second-order valence-electron chi connectivity index (χ2n) is 4.75. The van der Waals surface area contributed by atoms with Gasteiger partial charge < -0.3 is 9.84 Å². The van der Waals surface area contributed by atoms with Gasteiger partial charge in [0, 0.05) is 6.42 Å². The van der Waals surface area contributed by atoms with Crippen LogP contribution < -0.4 is 0 Å². The van der Waals surface area contributed by atoms with Crippen molar-refractivity contribution in [1.29, 1.82) is 0 Å². The fourth-order valence-corrected chi connectivity index (χ4v) is 2.88. The Morgan fingerprint density at radius 3 is 2.54 bits per heavy atom. The van der Waals surface area contributed by atoms with Crippen LogP contribution >= 0.6 is 0 Å². The first-order chi connectivity index (χ1) is 6.20. The van der Waals surface area contributed by atoms with E-state index in [-0.39, 0.29) is 11.7 Å². The molecule has 13 heavy (non-hydrogen) atoms. The van der Waals surface area contributed by atoms with Crippen LogP contribution in [-0.4, -0.2) is 22.9 Å². The smallest absolute Gasteiger partial charge is 0.0710 e. The fraction of sp³-hybridized carbons (Fsp3) is 1.00. The van der Waals surface area contributed by atoms with E-state index in [0.29, 0.717) is 6.10 Å². The summed E-state index contributed by atoms with van der Waals surface area (Å²) in [5.41, 5.74) is 0.0509. The van der Waals surface area contributed by atoms with Crippen LogP contribution in [0, 0.1) is 0 Å². The summed E-state index contributed by atoms with van der Waals surface area (Å²) in [7, 11) is 0. The Balaban J connectivity index is 2.00. The lowest BCUT2D eigenvalue weighted by atomic mass is 9.78. The van der Waals surface area contributed by atoms with Crippen LogP contribution in [0.2, 0.25) is 0 Å². The molecule has 0 bridgehead atoms. The Kier molecular flexibility index (Phi) is 2.61. The molecule has 0 aromatic heterocycles. The normalized spacial score (nSPS) is 46.6. The van der Waals surface area contributed by atoms with E-state index in [1.165, 1.54) is 12.8 Å². The molecule has 0 aromatic rings. The second-order valence-corrected chi connectivity index (χ2v) is 4.75. The zero-order valence-corrected chi connectivity index (χ0v) is 8.46. The lowest BCUT2D eigenvalue weighted by Crippen LogP contribution is -2.44. The third-order valence-corrected chi connectivity index (χ3v) is 3.47. The first-order valence-corrected chi connectivity index (χ1v) is 5.56. The molecule has 1 aliphatic heterocycles. The Bertz CT molecular complexity index is 159. The van der Waals surface area contributed by atoms with Gasteiger partial charge in [-0.05, 0) is 45.4 Å². The molecule has 1 saturated carbocycles. The van der Waals surface area contributed by atoms with Crippen molar-refractivity contribution in [2.75, 3.05) is 0 Å². The van der Waals surface area contributed by atoms with Crippen molar-refractivity contribution in [2.45, 2.75) is 69.7 Å². The predicted octanol–water partition coefficient (Wildman–Crippen LogP) is 2.25. The minimum Gasteiger partial charge on any atom is -0.393 e. The largest absolute Gasteiger partial charge is 0.393 e. The number of rotatable bonds is 0. The fourth-order valence-electron chi connectivity index (χ4n) is 2.88. The molecule has 3 atom stereocenters. The number of hydrogen-bond acceptors (Lipinski definition) is 2. The Morgan fingerprint density at radius 1 is 1.23 bits per heavy atom. The molecule has 0 unspecified atom stereocenters. The highest BCUT2D eigenvalue weighted by Crippen LogP contribution is 2.40. The lowest BCUT2D eigenvalue weighted by molar-refractivity contribution is -0.156. The van der Waals surface area contributed by atoms with Crippen molar-refractivity contribution >= 4 is 0 Å². The molecule has 2 rings (SSSR count). The molecule has 0 aromatic carbocycles. The van der Waals surface area contributed by atoms with Crippen molar-refractivity contribution in [3.8, 4) is 0 Å². The summed E-state index contributed by atoms with van der Waals surface area (Å²) in [6.07, 6.45) is 8.05. The van der Waals surface area contributed by atoms with E-state index >= 15 is 0 Å². The number of hydrogen-bond donors (Lipinski definition) is 1. The van der Waals surface area contributed by atoms with Crippen molar-refractivity contribution in [2.24, 2.45) is 0 Å². The summed E-state index contributed by atoms with van der Waals surface area (Å²) in [6.45, 7) is 2.15. The van der Waals surface area contributed by atoms with Gasteiger partial charge in [-0.15, -0.1) is 0 Å². The topological polar surface area (TPSA) is 29.5 Å². The molecular weight excluding hydrogens is 164 g/mol. The number of aliphatic hydroxyl groups is 1. The summed E-state index contributed by atoms with van der Waals surface area (Å²) in [4.78, 5) is 0. The van der Waals surface area contributed by atoms with E-state index in [9.17, 15) is 5.11 Å². The first-order valence-electron chi connectivity index (χ1n) is 5.56. The van der Waals surface area contributed by atoms with Gasteiger partial charge in [0.1, 0.15) is 0 Å². The standard InChI is InChI=1S/C11H20O2/c1-9-4-2-6-11(13-9)7-3-5-10(12)8-11/h9-10,12H,2-8H2,1H3/t9-,10-,11-/m0/s1. The molecule has 0 amide bonds. The maximum Gasteiger partial charge on any atom is 0.0710 e. The highest BCUT2D eigenvalue weighted by Gasteiger charge is 2.39. The van der Waals surface area contributed by atoms with Crippen molar-refractivity contribution in [1.82, 2.24) is 0 Å². The molecule has 1 N–H and O–H groups in total. The molecule has 1 heterocycles. The van der Waals surface area contributed by atoms with E-state index in [0.717, 1.165) is 32.1 Å². The van der Waals surface area contributed by atoms with Gasteiger partial charge in [0.25, 0.3) is 0 Å². The van der Waals surface area contributed by atoms with Crippen molar-refractivity contribution in [3.63, 3.8) is 0 Å². The predicted molar refractivity (Wildman–Crippen MR) is 51.6 cm³/mol.